The molecule has 136 valence electrons. The zero-order chi connectivity index (χ0) is 16.1. The molecular weight excluding hydrogens is 290 g/mol. The minimum Gasteiger partial charge on any atom is -0.311 e. The van der Waals surface area contributed by atoms with Crippen LogP contribution in [0.3, 0.4) is 0 Å². The van der Waals surface area contributed by atoms with E-state index in [9.17, 15) is 0 Å². The number of nitrogens with one attached hydrogen (secondary N) is 1. The van der Waals surface area contributed by atoms with Gasteiger partial charge in [-0.3, -0.25) is 0 Å². The molecule has 0 aliphatic heterocycles. The van der Waals surface area contributed by atoms with Crippen LogP contribution in [0, 0.1) is 41.4 Å². The molecule has 0 aromatic rings. The molecule has 0 heterocycles. The van der Waals surface area contributed by atoms with Gasteiger partial charge in [0.1, 0.15) is 0 Å². The van der Waals surface area contributed by atoms with Crippen LogP contribution in [0.2, 0.25) is 0 Å². The van der Waals surface area contributed by atoms with Crippen LogP contribution < -0.4 is 5.32 Å². The van der Waals surface area contributed by atoms with Crippen LogP contribution in [0.15, 0.2) is 0 Å². The van der Waals surface area contributed by atoms with Gasteiger partial charge in [-0.25, -0.2) is 0 Å². The van der Waals surface area contributed by atoms with E-state index in [0.29, 0.717) is 0 Å². The van der Waals surface area contributed by atoms with Gasteiger partial charge in [-0.05, 0) is 106 Å². The monoisotopic (exact) mass is 329 g/mol. The van der Waals surface area contributed by atoms with E-state index in [2.05, 4.69) is 12.2 Å². The van der Waals surface area contributed by atoms with Crippen molar-refractivity contribution in [2.75, 3.05) is 0 Å². The van der Waals surface area contributed by atoms with Crippen LogP contribution in [0.1, 0.15) is 90.4 Å². The minimum absolute atomic E-state index is 0.854. The summed E-state index contributed by atoms with van der Waals surface area (Å²) in [6.45, 7) is 2.45. The molecule has 7 unspecified atom stereocenters. The summed E-state index contributed by atoms with van der Waals surface area (Å²) in [6, 6.07) is 1.74. The van der Waals surface area contributed by atoms with Crippen LogP contribution in [-0.4, -0.2) is 12.1 Å². The van der Waals surface area contributed by atoms with E-state index < -0.39 is 0 Å². The first-order valence-corrected chi connectivity index (χ1v) is 11.6. The third-order valence-electron chi connectivity index (χ3n) is 9.33. The van der Waals surface area contributed by atoms with E-state index in [4.69, 9.17) is 0 Å². The molecule has 5 aliphatic carbocycles. The number of hydrogen-bond donors (Lipinski definition) is 1. The lowest BCUT2D eigenvalue weighted by Crippen LogP contribution is -2.51. The quantitative estimate of drug-likeness (QED) is 0.676. The van der Waals surface area contributed by atoms with Crippen molar-refractivity contribution in [2.45, 2.75) is 102 Å². The lowest BCUT2D eigenvalue weighted by Gasteiger charge is -2.48. The highest BCUT2D eigenvalue weighted by molar-refractivity contribution is 5.07. The number of fused-ring (bicyclic) bond motifs is 3. The molecule has 0 aromatic heterocycles. The summed E-state index contributed by atoms with van der Waals surface area (Å²) in [6.07, 6.45) is 19.9. The lowest BCUT2D eigenvalue weighted by atomic mass is 9.61. The number of rotatable bonds is 2. The van der Waals surface area contributed by atoms with Crippen molar-refractivity contribution >= 4 is 0 Å². The Morgan fingerprint density at radius 2 is 1.17 bits per heavy atom. The van der Waals surface area contributed by atoms with Gasteiger partial charge in [-0.15, -0.1) is 0 Å². The maximum absolute atomic E-state index is 4.23. The normalized spacial score (nSPS) is 54.1. The zero-order valence-corrected chi connectivity index (χ0v) is 15.9. The topological polar surface area (TPSA) is 12.0 Å². The molecule has 7 atom stereocenters. The average Bonchev–Trinajstić information content (AvgIpc) is 2.95. The summed E-state index contributed by atoms with van der Waals surface area (Å²) in [5, 5.41) is 4.23. The van der Waals surface area contributed by atoms with E-state index in [1.807, 2.05) is 0 Å². The summed E-state index contributed by atoms with van der Waals surface area (Å²) in [4.78, 5) is 0. The second-order valence-corrected chi connectivity index (χ2v) is 10.4. The number of hydrogen-bond acceptors (Lipinski definition) is 1. The Balaban J connectivity index is 1.31. The Bertz CT molecular complexity index is 423. The molecule has 1 N–H and O–H groups in total. The Morgan fingerprint density at radius 3 is 1.92 bits per heavy atom. The van der Waals surface area contributed by atoms with Gasteiger partial charge in [0, 0.05) is 12.1 Å². The summed E-state index contributed by atoms with van der Waals surface area (Å²) >= 11 is 0. The van der Waals surface area contributed by atoms with Crippen molar-refractivity contribution in [3.8, 4) is 0 Å². The van der Waals surface area contributed by atoms with Crippen LogP contribution in [0.4, 0.5) is 0 Å². The summed E-state index contributed by atoms with van der Waals surface area (Å²) in [5.74, 6) is 7.71. The van der Waals surface area contributed by atoms with E-state index >= 15 is 0 Å². The van der Waals surface area contributed by atoms with Crippen molar-refractivity contribution in [1.82, 2.24) is 5.32 Å². The first-order chi connectivity index (χ1) is 11.8. The van der Waals surface area contributed by atoms with Gasteiger partial charge in [0.25, 0.3) is 0 Å². The molecule has 0 aromatic carbocycles. The molecule has 0 spiro atoms. The predicted octanol–water partition coefficient (Wildman–Crippen LogP) is 5.79. The summed E-state index contributed by atoms with van der Waals surface area (Å²) in [5.41, 5.74) is 0. The highest BCUT2D eigenvalue weighted by atomic mass is 15.0. The highest BCUT2D eigenvalue weighted by Gasteiger charge is 2.56. The maximum atomic E-state index is 4.23. The molecule has 24 heavy (non-hydrogen) atoms. The standard InChI is InChI=1S/C23H39N/c1-15-9-11-16(12-10-15)24-22-14-13-20-18-6-3-2-5-17(18)19-7-4-8-21(22)23(19)20/h15-24H,2-14H2,1H3. The second-order valence-electron chi connectivity index (χ2n) is 10.4. The average molecular weight is 330 g/mol. The Hall–Kier alpha value is -0.0400. The van der Waals surface area contributed by atoms with Crippen molar-refractivity contribution in [3.63, 3.8) is 0 Å². The molecule has 5 aliphatic rings. The Labute approximate surface area is 149 Å². The SMILES string of the molecule is CC1CCC(NC2CCC3C4CCCCC4C4CCCC2C43)CC1. The Kier molecular flexibility index (Phi) is 4.44. The first kappa shape index (κ1) is 16.2. The smallest absolute Gasteiger partial charge is 0.0101 e. The van der Waals surface area contributed by atoms with Crippen molar-refractivity contribution in [1.29, 1.82) is 0 Å². The summed E-state index contributed by atoms with van der Waals surface area (Å²) in [7, 11) is 0. The molecule has 0 amide bonds. The van der Waals surface area contributed by atoms with Crippen molar-refractivity contribution in [3.05, 3.63) is 0 Å². The lowest BCUT2D eigenvalue weighted by molar-refractivity contribution is 0.0444. The molecule has 5 rings (SSSR count). The first-order valence-electron chi connectivity index (χ1n) is 11.6. The molecule has 5 saturated carbocycles. The molecule has 0 bridgehead atoms. The van der Waals surface area contributed by atoms with E-state index in [0.717, 1.165) is 53.5 Å². The molecular formula is C23H39N. The van der Waals surface area contributed by atoms with Crippen LogP contribution in [0.5, 0.6) is 0 Å². The molecule has 0 saturated heterocycles. The third-order valence-corrected chi connectivity index (χ3v) is 9.33. The summed E-state index contributed by atoms with van der Waals surface area (Å²) < 4.78 is 0. The molecule has 1 heteroatoms. The van der Waals surface area contributed by atoms with Gasteiger partial charge in [0.05, 0.1) is 0 Å². The second kappa shape index (κ2) is 6.60. The zero-order valence-electron chi connectivity index (χ0n) is 15.9. The van der Waals surface area contributed by atoms with E-state index in [-0.39, 0.29) is 0 Å². The molecule has 0 radical (unpaired) electrons. The van der Waals surface area contributed by atoms with Gasteiger partial charge in [0.2, 0.25) is 0 Å². The van der Waals surface area contributed by atoms with Gasteiger partial charge < -0.3 is 5.32 Å². The van der Waals surface area contributed by atoms with Crippen molar-refractivity contribution in [2.24, 2.45) is 41.4 Å². The van der Waals surface area contributed by atoms with Crippen LogP contribution >= 0.6 is 0 Å². The van der Waals surface area contributed by atoms with E-state index in [1.54, 1.807) is 51.4 Å². The Morgan fingerprint density at radius 1 is 0.542 bits per heavy atom. The predicted molar refractivity (Wildman–Crippen MR) is 101 cm³/mol. The van der Waals surface area contributed by atoms with Crippen LogP contribution in [0.25, 0.3) is 0 Å². The van der Waals surface area contributed by atoms with Gasteiger partial charge in [-0.1, -0.05) is 26.2 Å². The fourth-order valence-corrected chi connectivity index (χ4v) is 8.36. The third kappa shape index (κ3) is 2.68. The van der Waals surface area contributed by atoms with Crippen LogP contribution in [-0.2, 0) is 0 Å². The minimum atomic E-state index is 0.854. The van der Waals surface area contributed by atoms with E-state index in [1.165, 1.54) is 32.1 Å². The molecule has 1 nitrogen and oxygen atoms in total. The van der Waals surface area contributed by atoms with Gasteiger partial charge in [0.15, 0.2) is 0 Å². The fraction of sp³-hybridized carbons (Fsp3) is 1.00. The van der Waals surface area contributed by atoms with Gasteiger partial charge in [-0.2, -0.15) is 0 Å². The highest BCUT2D eigenvalue weighted by Crippen LogP contribution is 2.62. The fourth-order valence-electron chi connectivity index (χ4n) is 8.36. The van der Waals surface area contributed by atoms with Crippen molar-refractivity contribution < 1.29 is 0 Å². The van der Waals surface area contributed by atoms with Gasteiger partial charge >= 0.3 is 0 Å². The molecule has 5 fully saturated rings. The maximum Gasteiger partial charge on any atom is 0.0101 e. The largest absolute Gasteiger partial charge is 0.311 e.